The third-order valence-corrected chi connectivity index (χ3v) is 5.66. The van der Waals surface area contributed by atoms with E-state index in [1.807, 2.05) is 18.7 Å². The molecule has 2 aliphatic rings. The Bertz CT molecular complexity index is 675. The van der Waals surface area contributed by atoms with E-state index in [4.69, 9.17) is 0 Å². The molecule has 1 aromatic rings. The number of amides is 1. The maximum absolute atomic E-state index is 12.7. The number of rotatable bonds is 3. The van der Waals surface area contributed by atoms with Crippen molar-refractivity contribution in [1.29, 1.82) is 0 Å². The van der Waals surface area contributed by atoms with Gasteiger partial charge in [-0.3, -0.25) is 9.59 Å². The first-order chi connectivity index (χ1) is 11.2. The SMILES string of the molecule is Cc1ccc(C)c(N2CCN(C(=O)[C@H]3[C@@H](C(=O)O)C3(C)C)CC2)c1. The lowest BCUT2D eigenvalue weighted by molar-refractivity contribution is -0.142. The van der Waals surface area contributed by atoms with E-state index < -0.39 is 17.3 Å². The van der Waals surface area contributed by atoms with Gasteiger partial charge >= 0.3 is 5.97 Å². The summed E-state index contributed by atoms with van der Waals surface area (Å²) in [4.78, 5) is 28.2. The van der Waals surface area contributed by atoms with E-state index in [2.05, 4.69) is 36.9 Å². The quantitative estimate of drug-likeness (QED) is 0.924. The van der Waals surface area contributed by atoms with Crippen molar-refractivity contribution in [2.45, 2.75) is 27.7 Å². The second-order valence-electron chi connectivity index (χ2n) is 7.72. The van der Waals surface area contributed by atoms with Crippen LogP contribution in [-0.4, -0.2) is 48.1 Å². The van der Waals surface area contributed by atoms with Crippen molar-refractivity contribution in [3.63, 3.8) is 0 Å². The highest BCUT2D eigenvalue weighted by atomic mass is 16.4. The van der Waals surface area contributed by atoms with Crippen molar-refractivity contribution in [3.05, 3.63) is 29.3 Å². The van der Waals surface area contributed by atoms with Gasteiger partial charge in [0.05, 0.1) is 11.8 Å². The van der Waals surface area contributed by atoms with Gasteiger partial charge in [0, 0.05) is 31.9 Å². The van der Waals surface area contributed by atoms with Gasteiger partial charge in [-0.05, 0) is 36.5 Å². The molecule has 0 radical (unpaired) electrons. The Labute approximate surface area is 143 Å². The number of carbonyl (C=O) groups is 2. The summed E-state index contributed by atoms with van der Waals surface area (Å²) >= 11 is 0. The van der Waals surface area contributed by atoms with Crippen LogP contribution in [0.4, 0.5) is 5.69 Å². The molecule has 1 aliphatic heterocycles. The van der Waals surface area contributed by atoms with E-state index in [0.29, 0.717) is 13.1 Å². The van der Waals surface area contributed by atoms with Crippen LogP contribution in [0.2, 0.25) is 0 Å². The fourth-order valence-corrected chi connectivity index (χ4v) is 3.98. The average molecular weight is 330 g/mol. The van der Waals surface area contributed by atoms with Crippen LogP contribution < -0.4 is 4.90 Å². The van der Waals surface area contributed by atoms with Gasteiger partial charge in [0.2, 0.25) is 5.91 Å². The lowest BCUT2D eigenvalue weighted by atomic mass is 10.1. The fraction of sp³-hybridized carbons (Fsp3) is 0.579. The van der Waals surface area contributed by atoms with Gasteiger partial charge in [0.15, 0.2) is 0 Å². The predicted octanol–water partition coefficient (Wildman–Crippen LogP) is 2.31. The number of hydrogen-bond acceptors (Lipinski definition) is 3. The summed E-state index contributed by atoms with van der Waals surface area (Å²) in [6.45, 7) is 10.8. The standard InChI is InChI=1S/C19H26N2O3/c1-12-5-6-13(2)14(11-12)20-7-9-21(10-8-20)17(22)15-16(18(23)24)19(15,3)4/h5-6,11,15-16H,7-10H2,1-4H3,(H,23,24)/t15-,16+/m1/s1. The number of piperazine rings is 1. The number of carboxylic acids is 1. The first kappa shape index (κ1) is 16.8. The number of benzene rings is 1. The van der Waals surface area contributed by atoms with E-state index >= 15 is 0 Å². The molecule has 2 atom stereocenters. The monoisotopic (exact) mass is 330 g/mol. The second-order valence-corrected chi connectivity index (χ2v) is 7.72. The van der Waals surface area contributed by atoms with E-state index in [1.54, 1.807) is 0 Å². The summed E-state index contributed by atoms with van der Waals surface area (Å²) in [5.41, 5.74) is 3.29. The largest absolute Gasteiger partial charge is 0.481 e. The van der Waals surface area contributed by atoms with Crippen molar-refractivity contribution in [2.75, 3.05) is 31.1 Å². The van der Waals surface area contributed by atoms with Crippen molar-refractivity contribution in [1.82, 2.24) is 4.90 Å². The van der Waals surface area contributed by atoms with Crippen molar-refractivity contribution in [3.8, 4) is 0 Å². The van der Waals surface area contributed by atoms with Crippen LogP contribution >= 0.6 is 0 Å². The van der Waals surface area contributed by atoms with Gasteiger partial charge in [0.1, 0.15) is 0 Å². The summed E-state index contributed by atoms with van der Waals surface area (Å²) in [5.74, 6) is -1.76. The molecule has 1 heterocycles. The van der Waals surface area contributed by atoms with Gasteiger partial charge in [0.25, 0.3) is 0 Å². The van der Waals surface area contributed by atoms with Crippen molar-refractivity contribution < 1.29 is 14.7 Å². The Hall–Kier alpha value is -2.04. The van der Waals surface area contributed by atoms with Crippen LogP contribution in [-0.2, 0) is 9.59 Å². The summed E-state index contributed by atoms with van der Waals surface area (Å²) in [6.07, 6.45) is 0. The van der Waals surface area contributed by atoms with Gasteiger partial charge in [-0.15, -0.1) is 0 Å². The highest BCUT2D eigenvalue weighted by Crippen LogP contribution is 2.59. The molecule has 3 rings (SSSR count). The van der Waals surface area contributed by atoms with Crippen LogP contribution in [0.1, 0.15) is 25.0 Å². The van der Waals surface area contributed by atoms with Gasteiger partial charge in [-0.1, -0.05) is 26.0 Å². The lowest BCUT2D eigenvalue weighted by Crippen LogP contribution is -2.49. The molecule has 0 bridgehead atoms. The third-order valence-electron chi connectivity index (χ3n) is 5.66. The second kappa shape index (κ2) is 5.80. The Kier molecular flexibility index (Phi) is 4.06. The van der Waals surface area contributed by atoms with Crippen LogP contribution in [0, 0.1) is 31.1 Å². The van der Waals surface area contributed by atoms with Crippen molar-refractivity contribution in [2.24, 2.45) is 17.3 Å². The molecule has 5 heteroatoms. The number of carbonyl (C=O) groups excluding carboxylic acids is 1. The van der Waals surface area contributed by atoms with Crippen LogP contribution in [0.5, 0.6) is 0 Å². The molecule has 2 fully saturated rings. The van der Waals surface area contributed by atoms with E-state index in [-0.39, 0.29) is 11.8 Å². The summed E-state index contributed by atoms with van der Waals surface area (Å²) in [5, 5.41) is 9.27. The topological polar surface area (TPSA) is 60.9 Å². The molecule has 1 aromatic carbocycles. The number of aryl methyl sites for hydroxylation is 2. The zero-order valence-corrected chi connectivity index (χ0v) is 14.9. The zero-order chi connectivity index (χ0) is 17.6. The minimum atomic E-state index is -0.854. The van der Waals surface area contributed by atoms with Crippen molar-refractivity contribution >= 4 is 17.6 Å². The fourth-order valence-electron chi connectivity index (χ4n) is 3.98. The molecule has 0 aromatic heterocycles. The normalized spacial score (nSPS) is 25.5. The molecule has 0 unspecified atom stereocenters. The molecule has 130 valence electrons. The molecular weight excluding hydrogens is 304 g/mol. The highest BCUT2D eigenvalue weighted by molar-refractivity contribution is 5.91. The molecule has 1 amide bonds. The number of nitrogens with zero attached hydrogens (tertiary/aromatic N) is 2. The first-order valence-electron chi connectivity index (χ1n) is 8.57. The minimum Gasteiger partial charge on any atom is -0.481 e. The highest BCUT2D eigenvalue weighted by Gasteiger charge is 2.66. The molecule has 1 saturated carbocycles. The van der Waals surface area contributed by atoms with E-state index in [0.717, 1.165) is 13.1 Å². The molecule has 5 nitrogen and oxygen atoms in total. The smallest absolute Gasteiger partial charge is 0.307 e. The summed E-state index contributed by atoms with van der Waals surface area (Å²) in [6, 6.07) is 6.43. The molecule has 1 N–H and O–H groups in total. The summed E-state index contributed by atoms with van der Waals surface area (Å²) < 4.78 is 0. The maximum Gasteiger partial charge on any atom is 0.307 e. The van der Waals surface area contributed by atoms with Crippen LogP contribution in [0.15, 0.2) is 18.2 Å². The average Bonchev–Trinajstić information content (AvgIpc) is 3.12. The predicted molar refractivity (Wildman–Crippen MR) is 93.1 cm³/mol. The molecule has 1 saturated heterocycles. The molecule has 24 heavy (non-hydrogen) atoms. The Morgan fingerprint density at radius 2 is 1.71 bits per heavy atom. The Morgan fingerprint density at radius 3 is 2.25 bits per heavy atom. The number of carboxylic acid groups (broad SMARTS) is 1. The number of aliphatic carboxylic acids is 1. The maximum atomic E-state index is 12.7. The Morgan fingerprint density at radius 1 is 1.08 bits per heavy atom. The van der Waals surface area contributed by atoms with Crippen LogP contribution in [0.25, 0.3) is 0 Å². The molecule has 0 spiro atoms. The number of anilines is 1. The minimum absolute atomic E-state index is 0.00742. The van der Waals surface area contributed by atoms with E-state index in [1.165, 1.54) is 16.8 Å². The molecule has 1 aliphatic carbocycles. The van der Waals surface area contributed by atoms with Gasteiger partial charge < -0.3 is 14.9 Å². The summed E-state index contributed by atoms with van der Waals surface area (Å²) in [7, 11) is 0. The Balaban J connectivity index is 1.64. The van der Waals surface area contributed by atoms with E-state index in [9.17, 15) is 14.7 Å². The third kappa shape index (κ3) is 2.76. The zero-order valence-electron chi connectivity index (χ0n) is 14.9. The molecular formula is C19H26N2O3. The number of hydrogen-bond donors (Lipinski definition) is 1. The van der Waals surface area contributed by atoms with Gasteiger partial charge in [-0.2, -0.15) is 0 Å². The first-order valence-corrected chi connectivity index (χ1v) is 8.57. The van der Waals surface area contributed by atoms with Gasteiger partial charge in [-0.25, -0.2) is 0 Å². The lowest BCUT2D eigenvalue weighted by Gasteiger charge is -2.37. The van der Waals surface area contributed by atoms with Crippen LogP contribution in [0.3, 0.4) is 0 Å².